The Morgan fingerprint density at radius 3 is 1.96 bits per heavy atom. The average Bonchev–Trinajstić information content (AvgIpc) is 2.40. The van der Waals surface area contributed by atoms with Crippen molar-refractivity contribution in [2.45, 2.75) is 58.7 Å². The molecule has 24 heavy (non-hydrogen) atoms. The molecule has 1 aromatic carbocycles. The van der Waals surface area contributed by atoms with E-state index in [1.165, 1.54) is 24.3 Å². The van der Waals surface area contributed by atoms with Crippen LogP contribution in [0.25, 0.3) is 0 Å². The van der Waals surface area contributed by atoms with Gasteiger partial charge in [0.1, 0.15) is 11.8 Å². The molecule has 1 atom stereocenters. The molecule has 1 aromatic rings. The Kier molecular flexibility index (Phi) is 6.00. The molecule has 0 aliphatic rings. The highest BCUT2D eigenvalue weighted by Crippen LogP contribution is 2.23. The SMILES string of the molecule is CC(C)(C)OC[C@@H](C(=O)c1ccc(O)cc1)N(C(=O)O)C(C)(C)C. The Morgan fingerprint density at radius 1 is 1.08 bits per heavy atom. The topological polar surface area (TPSA) is 87.1 Å². The Bertz CT molecular complexity index is 581. The molecule has 1 rings (SSSR count). The zero-order valence-electron chi connectivity index (χ0n) is 15.2. The molecule has 0 saturated heterocycles. The lowest BCUT2D eigenvalue weighted by Gasteiger charge is -2.39. The van der Waals surface area contributed by atoms with E-state index in [0.717, 1.165) is 4.90 Å². The molecular weight excluding hydrogens is 310 g/mol. The number of rotatable bonds is 5. The Balaban J connectivity index is 3.23. The molecule has 2 N–H and O–H groups in total. The summed E-state index contributed by atoms with van der Waals surface area (Å²) in [5.41, 5.74) is -0.953. The third kappa shape index (κ3) is 5.53. The molecule has 6 heteroatoms. The van der Waals surface area contributed by atoms with Crippen molar-refractivity contribution >= 4 is 11.9 Å². The van der Waals surface area contributed by atoms with Gasteiger partial charge in [0.05, 0.1) is 12.2 Å². The van der Waals surface area contributed by atoms with E-state index >= 15 is 0 Å². The van der Waals surface area contributed by atoms with Gasteiger partial charge in [-0.3, -0.25) is 9.69 Å². The van der Waals surface area contributed by atoms with E-state index in [1.807, 2.05) is 20.8 Å². The highest BCUT2D eigenvalue weighted by Gasteiger charge is 2.38. The first kappa shape index (κ1) is 20.0. The summed E-state index contributed by atoms with van der Waals surface area (Å²) in [7, 11) is 0. The van der Waals surface area contributed by atoms with Crippen LogP contribution in [0.1, 0.15) is 51.9 Å². The number of benzene rings is 1. The van der Waals surface area contributed by atoms with Crippen LogP contribution in [0.15, 0.2) is 24.3 Å². The second-order valence-electron chi connectivity index (χ2n) is 7.67. The van der Waals surface area contributed by atoms with E-state index in [0.29, 0.717) is 5.56 Å². The minimum atomic E-state index is -1.18. The van der Waals surface area contributed by atoms with Gasteiger partial charge < -0.3 is 14.9 Å². The molecule has 0 radical (unpaired) electrons. The molecule has 0 saturated carbocycles. The minimum Gasteiger partial charge on any atom is -0.508 e. The second-order valence-corrected chi connectivity index (χ2v) is 7.67. The maximum atomic E-state index is 12.9. The third-order valence-corrected chi connectivity index (χ3v) is 3.37. The molecule has 0 bridgehead atoms. The summed E-state index contributed by atoms with van der Waals surface area (Å²) in [6.07, 6.45) is -1.18. The maximum absolute atomic E-state index is 12.9. The van der Waals surface area contributed by atoms with Gasteiger partial charge in [-0.2, -0.15) is 0 Å². The number of hydrogen-bond donors (Lipinski definition) is 2. The van der Waals surface area contributed by atoms with Gasteiger partial charge in [0.15, 0.2) is 5.78 Å². The number of ether oxygens (including phenoxy) is 1. The first-order chi connectivity index (χ1) is 10.8. The molecule has 0 spiro atoms. The zero-order valence-corrected chi connectivity index (χ0v) is 15.2. The predicted octanol–water partition coefficient (Wildman–Crippen LogP) is 3.54. The highest BCUT2D eigenvalue weighted by atomic mass is 16.5. The van der Waals surface area contributed by atoms with Gasteiger partial charge in [0.25, 0.3) is 0 Å². The molecule has 0 unspecified atom stereocenters. The van der Waals surface area contributed by atoms with Crippen LogP contribution >= 0.6 is 0 Å². The largest absolute Gasteiger partial charge is 0.508 e. The number of Topliss-reactive ketones (excluding diaryl/α,β-unsaturated/α-hetero) is 1. The van der Waals surface area contributed by atoms with E-state index in [1.54, 1.807) is 20.8 Å². The summed E-state index contributed by atoms with van der Waals surface area (Å²) < 4.78 is 5.71. The normalized spacial score (nSPS) is 13.4. The van der Waals surface area contributed by atoms with Gasteiger partial charge in [-0.25, -0.2) is 4.79 Å². The number of carboxylic acid groups (broad SMARTS) is 1. The molecule has 0 aromatic heterocycles. The summed E-state index contributed by atoms with van der Waals surface area (Å²) in [6, 6.07) is 4.77. The van der Waals surface area contributed by atoms with Crippen LogP contribution in [-0.2, 0) is 4.74 Å². The predicted molar refractivity (Wildman–Crippen MR) is 91.5 cm³/mol. The Hall–Kier alpha value is -2.08. The lowest BCUT2D eigenvalue weighted by atomic mass is 9.97. The highest BCUT2D eigenvalue weighted by molar-refractivity contribution is 6.01. The van der Waals surface area contributed by atoms with Crippen molar-refractivity contribution < 1.29 is 24.5 Å². The second kappa shape index (κ2) is 7.21. The first-order valence-electron chi connectivity index (χ1n) is 7.82. The van der Waals surface area contributed by atoms with E-state index in [9.17, 15) is 19.8 Å². The molecule has 6 nitrogen and oxygen atoms in total. The molecule has 0 fully saturated rings. The van der Waals surface area contributed by atoms with Gasteiger partial charge >= 0.3 is 6.09 Å². The number of aromatic hydroxyl groups is 1. The van der Waals surface area contributed by atoms with Crippen molar-refractivity contribution in [2.75, 3.05) is 6.61 Å². The smallest absolute Gasteiger partial charge is 0.408 e. The van der Waals surface area contributed by atoms with Crippen LogP contribution in [0.4, 0.5) is 4.79 Å². The fraction of sp³-hybridized carbons (Fsp3) is 0.556. The standard InChI is InChI=1S/C18H27NO5/c1-17(2,3)19(16(22)23)14(11-24-18(4,5)6)15(21)12-7-9-13(20)10-8-12/h7-10,14,20H,11H2,1-6H3,(H,22,23)/t14-/m0/s1. The number of hydrogen-bond acceptors (Lipinski definition) is 4. The molecule has 0 aliphatic heterocycles. The van der Waals surface area contributed by atoms with Crippen molar-refractivity contribution in [3.63, 3.8) is 0 Å². The number of nitrogens with zero attached hydrogens (tertiary/aromatic N) is 1. The number of phenolic OH excluding ortho intramolecular Hbond substituents is 1. The fourth-order valence-electron chi connectivity index (χ4n) is 2.30. The molecule has 1 amide bonds. The lowest BCUT2D eigenvalue weighted by molar-refractivity contribution is -0.0390. The molecule has 0 aliphatic carbocycles. The van der Waals surface area contributed by atoms with Crippen LogP contribution in [-0.4, -0.2) is 50.8 Å². The summed E-state index contributed by atoms with van der Waals surface area (Å²) in [5.74, 6) is -0.323. The number of carbonyl (C=O) groups excluding carboxylic acids is 1. The van der Waals surface area contributed by atoms with E-state index in [4.69, 9.17) is 4.74 Å². The van der Waals surface area contributed by atoms with Gasteiger partial charge in [0, 0.05) is 11.1 Å². The van der Waals surface area contributed by atoms with Gasteiger partial charge in [-0.15, -0.1) is 0 Å². The fourth-order valence-corrected chi connectivity index (χ4v) is 2.30. The quantitative estimate of drug-likeness (QED) is 0.803. The molecule has 134 valence electrons. The van der Waals surface area contributed by atoms with E-state index in [2.05, 4.69) is 0 Å². The van der Waals surface area contributed by atoms with Crippen LogP contribution < -0.4 is 0 Å². The summed E-state index contributed by atoms with van der Waals surface area (Å²) in [4.78, 5) is 25.8. The monoisotopic (exact) mass is 337 g/mol. The van der Waals surface area contributed by atoms with Gasteiger partial charge in [-0.05, 0) is 65.8 Å². The first-order valence-corrected chi connectivity index (χ1v) is 7.82. The lowest BCUT2D eigenvalue weighted by Crippen LogP contribution is -2.56. The Morgan fingerprint density at radius 2 is 1.58 bits per heavy atom. The van der Waals surface area contributed by atoms with E-state index < -0.39 is 23.3 Å². The molecular formula is C18H27NO5. The van der Waals surface area contributed by atoms with Crippen LogP contribution in [0.3, 0.4) is 0 Å². The zero-order chi connectivity index (χ0) is 18.7. The van der Waals surface area contributed by atoms with Crippen LogP contribution in [0.5, 0.6) is 5.75 Å². The van der Waals surface area contributed by atoms with Crippen LogP contribution in [0.2, 0.25) is 0 Å². The van der Waals surface area contributed by atoms with Crippen molar-refractivity contribution in [1.82, 2.24) is 4.90 Å². The van der Waals surface area contributed by atoms with Crippen molar-refractivity contribution in [1.29, 1.82) is 0 Å². The van der Waals surface area contributed by atoms with Crippen molar-refractivity contribution in [3.05, 3.63) is 29.8 Å². The minimum absolute atomic E-state index is 0.0416. The average molecular weight is 337 g/mol. The summed E-state index contributed by atoms with van der Waals surface area (Å²) in [5, 5.41) is 19.0. The summed E-state index contributed by atoms with van der Waals surface area (Å²) >= 11 is 0. The van der Waals surface area contributed by atoms with Crippen LogP contribution in [0, 0.1) is 0 Å². The number of carbonyl (C=O) groups is 2. The number of phenols is 1. The van der Waals surface area contributed by atoms with Gasteiger partial charge in [0.2, 0.25) is 0 Å². The Labute approximate surface area is 143 Å². The third-order valence-electron chi connectivity index (χ3n) is 3.37. The van der Waals surface area contributed by atoms with Crippen molar-refractivity contribution in [2.24, 2.45) is 0 Å². The number of amides is 1. The number of ketones is 1. The summed E-state index contributed by atoms with van der Waals surface area (Å²) in [6.45, 7) is 10.7. The van der Waals surface area contributed by atoms with E-state index in [-0.39, 0.29) is 18.1 Å². The molecule has 0 heterocycles. The maximum Gasteiger partial charge on any atom is 0.408 e. The van der Waals surface area contributed by atoms with Gasteiger partial charge in [-0.1, -0.05) is 0 Å². The van der Waals surface area contributed by atoms with Crippen molar-refractivity contribution in [3.8, 4) is 5.75 Å².